The van der Waals surface area contributed by atoms with Gasteiger partial charge in [0.05, 0.1) is 6.61 Å². The van der Waals surface area contributed by atoms with Crippen LogP contribution in [0.1, 0.15) is 50.8 Å². The number of amides is 4. The first-order chi connectivity index (χ1) is 17.4. The van der Waals surface area contributed by atoms with Crippen LogP contribution in [0.5, 0.6) is 5.75 Å². The van der Waals surface area contributed by atoms with Gasteiger partial charge in [-0.25, -0.2) is 13.6 Å². The molecule has 2 saturated heterocycles. The zero-order chi connectivity index (χ0) is 27.1. The van der Waals surface area contributed by atoms with E-state index in [4.69, 9.17) is 9.47 Å². The van der Waals surface area contributed by atoms with Crippen LogP contribution in [0.15, 0.2) is 12.1 Å². The largest absolute Gasteiger partial charge is 0.598 e. The van der Waals surface area contributed by atoms with Crippen molar-refractivity contribution in [1.29, 1.82) is 0 Å². The molecule has 1 unspecified atom stereocenters. The highest BCUT2D eigenvalue weighted by atomic mass is 32.2. The molecule has 13 heteroatoms. The molecule has 4 rings (SSSR count). The van der Waals surface area contributed by atoms with Gasteiger partial charge in [-0.05, 0) is 45.7 Å². The van der Waals surface area contributed by atoms with Gasteiger partial charge in [0.15, 0.2) is 17.9 Å². The van der Waals surface area contributed by atoms with E-state index in [-0.39, 0.29) is 18.8 Å². The first-order valence-corrected chi connectivity index (χ1v) is 13.1. The lowest BCUT2D eigenvalue weighted by Crippen LogP contribution is -2.64. The number of alkyl halides is 1. The molecule has 0 radical (unpaired) electrons. The number of ketones is 1. The highest BCUT2D eigenvalue weighted by Gasteiger charge is 2.51. The van der Waals surface area contributed by atoms with Crippen LogP contribution < -0.4 is 14.8 Å². The number of barbiturate groups is 1. The van der Waals surface area contributed by atoms with E-state index >= 15 is 8.78 Å². The van der Waals surface area contributed by atoms with Crippen molar-refractivity contribution in [3.63, 3.8) is 0 Å². The van der Waals surface area contributed by atoms with Gasteiger partial charge in [-0.1, -0.05) is 0 Å². The normalized spacial score (nSPS) is 23.2. The summed E-state index contributed by atoms with van der Waals surface area (Å²) in [5, 5.41) is 1.96. The highest BCUT2D eigenvalue weighted by Crippen LogP contribution is 2.35. The van der Waals surface area contributed by atoms with E-state index in [2.05, 4.69) is 4.72 Å². The average molecular weight is 542 g/mol. The number of Topliss-reactive ketones (excluding diaryl/α,β-unsaturated/α-hetero) is 1. The number of halogens is 2. The number of rotatable bonds is 7. The number of hydrogen-bond acceptors (Lipinski definition) is 8. The lowest BCUT2D eigenvalue weighted by Gasteiger charge is -2.37. The van der Waals surface area contributed by atoms with Gasteiger partial charge < -0.3 is 14.0 Å². The molecule has 1 aromatic carbocycles. The molecule has 2 N–H and O–H groups in total. The molecule has 0 saturated carbocycles. The molecule has 37 heavy (non-hydrogen) atoms. The van der Waals surface area contributed by atoms with Gasteiger partial charge in [0.1, 0.15) is 22.4 Å². The summed E-state index contributed by atoms with van der Waals surface area (Å²) in [5.41, 5.74) is 0.228. The number of urea groups is 1. The Morgan fingerprint density at radius 1 is 1.22 bits per heavy atom. The summed E-state index contributed by atoms with van der Waals surface area (Å²) in [5.74, 6) is -6.62. The van der Waals surface area contributed by atoms with Gasteiger partial charge in [0, 0.05) is 48.2 Å². The molecule has 0 spiro atoms. The molecule has 0 aromatic heterocycles. The minimum absolute atomic E-state index is 0.268. The van der Waals surface area contributed by atoms with Crippen molar-refractivity contribution in [3.8, 4) is 5.75 Å². The van der Waals surface area contributed by atoms with E-state index in [0.717, 1.165) is 11.0 Å². The molecule has 0 aliphatic carbocycles. The summed E-state index contributed by atoms with van der Waals surface area (Å²) < 4.78 is 56.3. The van der Waals surface area contributed by atoms with Gasteiger partial charge in [-0.15, -0.1) is 4.72 Å². The molecule has 4 atom stereocenters. The van der Waals surface area contributed by atoms with E-state index in [1.54, 1.807) is 20.8 Å². The van der Waals surface area contributed by atoms with Crippen molar-refractivity contribution in [2.45, 2.75) is 63.0 Å². The van der Waals surface area contributed by atoms with Crippen molar-refractivity contribution in [2.24, 2.45) is 5.92 Å². The topological polar surface area (TPSA) is 137 Å². The Labute approximate surface area is 215 Å². The molecule has 10 nitrogen and oxygen atoms in total. The van der Waals surface area contributed by atoms with Gasteiger partial charge in [0.2, 0.25) is 5.91 Å². The van der Waals surface area contributed by atoms with Crippen molar-refractivity contribution in [3.05, 3.63) is 29.1 Å². The molecular weight excluding hydrogens is 512 g/mol. The van der Waals surface area contributed by atoms with E-state index in [0.29, 0.717) is 37.2 Å². The lowest BCUT2D eigenvalue weighted by molar-refractivity contribution is -0.151. The van der Waals surface area contributed by atoms with Gasteiger partial charge >= 0.3 is 6.03 Å². The summed E-state index contributed by atoms with van der Waals surface area (Å²) in [6.07, 6.45) is -1.63. The minimum atomic E-state index is -2.66. The zero-order valence-corrected chi connectivity index (χ0v) is 21.5. The summed E-state index contributed by atoms with van der Waals surface area (Å²) in [7, 11) is 0. The number of carbonyl (C=O) groups is 4. The summed E-state index contributed by atoms with van der Waals surface area (Å²) in [4.78, 5) is 52.3. The number of fused-ring (bicyclic) bond motifs is 1. The third-order valence-electron chi connectivity index (χ3n) is 6.53. The maximum atomic E-state index is 16.0. The van der Waals surface area contributed by atoms with E-state index in [1.807, 2.05) is 5.32 Å². The summed E-state index contributed by atoms with van der Waals surface area (Å²) in [6.45, 7) is 5.63. The fourth-order valence-electron chi connectivity index (χ4n) is 4.47. The predicted octanol–water partition coefficient (Wildman–Crippen LogP) is 1.63. The van der Waals surface area contributed by atoms with Crippen molar-refractivity contribution in [1.82, 2.24) is 14.9 Å². The number of benzene rings is 1. The third kappa shape index (κ3) is 5.49. The third-order valence-corrected chi connectivity index (χ3v) is 8.11. The Morgan fingerprint density at radius 2 is 1.89 bits per heavy atom. The molecule has 3 aliphatic heterocycles. The Kier molecular flexibility index (Phi) is 7.88. The van der Waals surface area contributed by atoms with E-state index in [1.165, 1.54) is 6.07 Å². The first kappa shape index (κ1) is 27.4. The Hall–Kier alpha value is -2.61. The highest BCUT2D eigenvalue weighted by molar-refractivity contribution is 7.90. The molecule has 0 bridgehead atoms. The van der Waals surface area contributed by atoms with Crippen LogP contribution in [0, 0.1) is 11.7 Å². The van der Waals surface area contributed by atoms with E-state index in [9.17, 15) is 23.7 Å². The summed E-state index contributed by atoms with van der Waals surface area (Å²) in [6, 6.07) is -1.04. The van der Waals surface area contributed by atoms with Crippen LogP contribution in [-0.4, -0.2) is 69.9 Å². The molecule has 3 aliphatic rings. The second kappa shape index (κ2) is 10.6. The predicted molar refractivity (Wildman–Crippen MR) is 127 cm³/mol. The number of nitrogens with zero attached hydrogens (tertiary/aromatic N) is 1. The van der Waals surface area contributed by atoms with Crippen LogP contribution >= 0.6 is 0 Å². The molecule has 1 aromatic rings. The molecule has 3 heterocycles. The molecular formula is C24H29F2N3O7S. The maximum Gasteiger partial charge on any atom is 0.331 e. The summed E-state index contributed by atoms with van der Waals surface area (Å²) >= 11 is -1.96. The van der Waals surface area contributed by atoms with Crippen molar-refractivity contribution >= 4 is 35.0 Å². The Balaban J connectivity index is 1.67. The second-order valence-electron chi connectivity index (χ2n) is 10.1. The van der Waals surface area contributed by atoms with Gasteiger partial charge in [-0.2, -0.15) is 0 Å². The average Bonchev–Trinajstić information content (AvgIpc) is 3.28. The zero-order valence-electron chi connectivity index (χ0n) is 20.7. The van der Waals surface area contributed by atoms with E-state index < -0.39 is 69.7 Å². The van der Waals surface area contributed by atoms with Gasteiger partial charge in [-0.3, -0.25) is 24.6 Å². The first-order valence-electron chi connectivity index (χ1n) is 12.0. The SMILES string of the molecule is CC(C)(C)[S+]([O-])N[C@@H](c1cc2c(cc1F)CCO2)[C@@H](F)C(=O)[C@@H]1C(=O)NC(=O)N(C2CCOCC2)C1=O. The van der Waals surface area contributed by atoms with Crippen LogP contribution in [-0.2, 0) is 36.9 Å². The quantitative estimate of drug-likeness (QED) is 0.393. The van der Waals surface area contributed by atoms with Crippen LogP contribution in [0.25, 0.3) is 0 Å². The number of carbonyl (C=O) groups excluding carboxylic acids is 4. The number of imide groups is 2. The smallest absolute Gasteiger partial charge is 0.331 e. The molecule has 2 fully saturated rings. The Bertz CT molecular complexity index is 1110. The fraction of sp³-hybridized carbons (Fsp3) is 0.583. The van der Waals surface area contributed by atoms with Crippen molar-refractivity contribution in [2.75, 3.05) is 19.8 Å². The molecule has 202 valence electrons. The number of ether oxygens (including phenoxy) is 2. The second-order valence-corrected chi connectivity index (χ2v) is 12.1. The van der Waals surface area contributed by atoms with Crippen LogP contribution in [0.4, 0.5) is 13.6 Å². The van der Waals surface area contributed by atoms with Crippen molar-refractivity contribution < 1.29 is 42.0 Å². The van der Waals surface area contributed by atoms with Crippen LogP contribution in [0.3, 0.4) is 0 Å². The maximum absolute atomic E-state index is 16.0. The Morgan fingerprint density at radius 3 is 2.54 bits per heavy atom. The van der Waals surface area contributed by atoms with Crippen LogP contribution in [0.2, 0.25) is 0 Å². The standard InChI is InChI=1S/C24H29F2N3O7S/c1-24(2,3)37(34)28-19(14-11-16-12(4-9-36-16)10-15(14)25)18(26)20(30)17-21(31)27-23(33)29(22(17)32)13-5-7-35-8-6-13/h10-11,13,17-19,28H,4-9H2,1-3H3,(H,27,31,33)/t17-,18-,19+,37?/m1/s1. The fourth-order valence-corrected chi connectivity index (χ4v) is 5.31. The number of nitrogens with one attached hydrogen (secondary N) is 2. The molecule has 4 amide bonds. The number of hydrogen-bond donors (Lipinski definition) is 2. The lowest BCUT2D eigenvalue weighted by atomic mass is 9.89. The minimum Gasteiger partial charge on any atom is -0.598 e. The monoisotopic (exact) mass is 541 g/mol. The van der Waals surface area contributed by atoms with Gasteiger partial charge in [0.25, 0.3) is 5.91 Å².